The van der Waals surface area contributed by atoms with Crippen molar-refractivity contribution in [2.45, 2.75) is 70.6 Å². The molecule has 24 heavy (non-hydrogen) atoms. The molecule has 2 aliphatic heterocycles. The Morgan fingerprint density at radius 3 is 2.88 bits per heavy atom. The summed E-state index contributed by atoms with van der Waals surface area (Å²) in [5, 5.41) is 10.4. The summed E-state index contributed by atoms with van der Waals surface area (Å²) in [6.45, 7) is 12.7. The third-order valence-corrected chi connectivity index (χ3v) is 5.34. The Hall–Kier alpha value is -1.17. The zero-order valence-corrected chi connectivity index (χ0v) is 15.0. The van der Waals surface area contributed by atoms with Gasteiger partial charge < -0.3 is 19.3 Å². The molecule has 1 N–H and O–H groups in total. The summed E-state index contributed by atoms with van der Waals surface area (Å²) >= 11 is 0. The maximum atomic E-state index is 12.1. The fraction of sp³-hybridized carbons (Fsp3) is 0.737. The second kappa shape index (κ2) is 6.28. The molecule has 2 fully saturated rings. The van der Waals surface area contributed by atoms with Crippen molar-refractivity contribution in [3.63, 3.8) is 0 Å². The number of aliphatic hydroxyl groups excluding tert-OH is 1. The zero-order valence-electron chi connectivity index (χ0n) is 15.0. The van der Waals surface area contributed by atoms with Gasteiger partial charge in [0.1, 0.15) is 6.10 Å². The molecule has 5 heteroatoms. The van der Waals surface area contributed by atoms with E-state index in [4.69, 9.17) is 14.2 Å². The highest BCUT2D eigenvalue weighted by molar-refractivity contribution is 5.91. The van der Waals surface area contributed by atoms with Crippen molar-refractivity contribution in [3.05, 3.63) is 23.8 Å². The van der Waals surface area contributed by atoms with E-state index in [1.165, 1.54) is 0 Å². The summed E-state index contributed by atoms with van der Waals surface area (Å²) in [5.41, 5.74) is 0.931. The minimum absolute atomic E-state index is 0.0174. The number of hydrogen-bond donors (Lipinski definition) is 1. The minimum Gasteiger partial charge on any atom is -0.454 e. The van der Waals surface area contributed by atoms with E-state index in [-0.39, 0.29) is 29.7 Å². The molecule has 0 bridgehead atoms. The fourth-order valence-corrected chi connectivity index (χ4v) is 3.71. The average molecular weight is 336 g/mol. The summed E-state index contributed by atoms with van der Waals surface area (Å²) in [7, 11) is 0. The van der Waals surface area contributed by atoms with Gasteiger partial charge in [-0.1, -0.05) is 20.4 Å². The van der Waals surface area contributed by atoms with E-state index >= 15 is 0 Å². The van der Waals surface area contributed by atoms with Crippen molar-refractivity contribution in [2.75, 3.05) is 6.61 Å². The molecule has 2 heterocycles. The molecule has 0 unspecified atom stereocenters. The average Bonchev–Trinajstić information content (AvgIpc) is 3.03. The van der Waals surface area contributed by atoms with Crippen LogP contribution in [-0.4, -0.2) is 47.7 Å². The maximum Gasteiger partial charge on any atom is 0.334 e. The van der Waals surface area contributed by atoms with Crippen LogP contribution in [0.1, 0.15) is 40.5 Å². The second-order valence-corrected chi connectivity index (χ2v) is 7.97. The first kappa shape index (κ1) is 17.6. The molecule has 3 aliphatic rings. The Morgan fingerprint density at radius 1 is 1.50 bits per heavy atom. The third-order valence-electron chi connectivity index (χ3n) is 5.34. The van der Waals surface area contributed by atoms with Crippen molar-refractivity contribution in [3.8, 4) is 0 Å². The van der Waals surface area contributed by atoms with Crippen LogP contribution in [0.3, 0.4) is 0 Å². The number of rotatable bonds is 3. The summed E-state index contributed by atoms with van der Waals surface area (Å²) < 4.78 is 17.5. The number of fused-ring (bicyclic) bond motifs is 2. The summed E-state index contributed by atoms with van der Waals surface area (Å²) in [5.74, 6) is -0.217. The summed E-state index contributed by atoms with van der Waals surface area (Å²) in [4.78, 5) is 12.1. The lowest BCUT2D eigenvalue weighted by molar-refractivity contribution is -0.137. The van der Waals surface area contributed by atoms with Crippen LogP contribution in [0.25, 0.3) is 0 Å². The highest BCUT2D eigenvalue weighted by atomic mass is 16.6. The van der Waals surface area contributed by atoms with Crippen LogP contribution in [0.4, 0.5) is 0 Å². The molecular formula is C19H28O5. The molecule has 3 rings (SSSR count). The summed E-state index contributed by atoms with van der Waals surface area (Å²) in [6, 6.07) is 0. The molecule has 0 radical (unpaired) electrons. The smallest absolute Gasteiger partial charge is 0.334 e. The van der Waals surface area contributed by atoms with E-state index in [1.54, 1.807) is 0 Å². The normalized spacial score (nSPS) is 44.4. The zero-order chi connectivity index (χ0) is 17.6. The van der Waals surface area contributed by atoms with Gasteiger partial charge in [-0.05, 0) is 31.4 Å². The Bertz CT molecular complexity index is 566. The molecule has 6 atom stereocenters. The van der Waals surface area contributed by atoms with Gasteiger partial charge >= 0.3 is 5.97 Å². The standard InChI is InChI=1S/C19H28O5/c1-10(2)9-22-15-8-19(5)16(24-19)7-13(20)11(3)6-14-17(15)12(4)18(21)23-14/h6,10,13-17,20H,4,7-9H2,1-3,5H3/b11-6-/t13-,14+,15+,16+,17-,19+/m0/s1. The Labute approximate surface area is 143 Å². The molecule has 0 aromatic carbocycles. The number of esters is 1. The molecule has 0 aromatic rings. The molecule has 0 spiro atoms. The van der Waals surface area contributed by atoms with Crippen LogP contribution in [0, 0.1) is 11.8 Å². The first-order chi connectivity index (χ1) is 11.2. The van der Waals surface area contributed by atoms with Crippen molar-refractivity contribution < 1.29 is 24.1 Å². The van der Waals surface area contributed by atoms with Gasteiger partial charge in [-0.2, -0.15) is 0 Å². The molecule has 5 nitrogen and oxygen atoms in total. The lowest BCUT2D eigenvalue weighted by Gasteiger charge is -2.29. The van der Waals surface area contributed by atoms with E-state index in [1.807, 2.05) is 19.9 Å². The SMILES string of the molecule is C=C1C(=O)O[C@@H]2/C=C(/C)[C@@H](O)C[C@H]3O[C@]3(C)C[C@@H](OCC(C)C)[C@@H]12. The van der Waals surface area contributed by atoms with Crippen LogP contribution in [0.5, 0.6) is 0 Å². The van der Waals surface area contributed by atoms with E-state index in [0.717, 1.165) is 5.57 Å². The topological polar surface area (TPSA) is 68.3 Å². The van der Waals surface area contributed by atoms with Gasteiger partial charge in [-0.3, -0.25) is 0 Å². The van der Waals surface area contributed by atoms with E-state index in [2.05, 4.69) is 20.4 Å². The molecule has 0 aromatic heterocycles. The Balaban J connectivity index is 1.93. The Morgan fingerprint density at radius 2 is 2.21 bits per heavy atom. The molecule has 0 amide bonds. The predicted molar refractivity (Wildman–Crippen MR) is 89.4 cm³/mol. The second-order valence-electron chi connectivity index (χ2n) is 7.97. The quantitative estimate of drug-likeness (QED) is 0.371. The summed E-state index contributed by atoms with van der Waals surface area (Å²) in [6.07, 6.45) is 1.88. The first-order valence-corrected chi connectivity index (χ1v) is 8.77. The van der Waals surface area contributed by atoms with Crippen LogP contribution >= 0.6 is 0 Å². The lowest BCUT2D eigenvalue weighted by atomic mass is 9.82. The minimum atomic E-state index is -0.585. The largest absolute Gasteiger partial charge is 0.454 e. The fourth-order valence-electron chi connectivity index (χ4n) is 3.71. The number of carbonyl (C=O) groups excluding carboxylic acids is 1. The number of epoxide rings is 1. The Kier molecular flexibility index (Phi) is 4.62. The maximum absolute atomic E-state index is 12.1. The third kappa shape index (κ3) is 3.30. The number of hydrogen-bond acceptors (Lipinski definition) is 5. The van der Waals surface area contributed by atoms with Gasteiger partial charge in [0, 0.05) is 25.0 Å². The highest BCUT2D eigenvalue weighted by Gasteiger charge is 2.57. The lowest BCUT2D eigenvalue weighted by Crippen LogP contribution is -2.37. The van der Waals surface area contributed by atoms with E-state index in [0.29, 0.717) is 30.9 Å². The van der Waals surface area contributed by atoms with E-state index in [9.17, 15) is 9.90 Å². The van der Waals surface area contributed by atoms with Gasteiger partial charge in [0.15, 0.2) is 0 Å². The van der Waals surface area contributed by atoms with Crippen LogP contribution in [0.15, 0.2) is 23.8 Å². The number of ether oxygens (including phenoxy) is 3. The number of aliphatic hydroxyl groups is 1. The van der Waals surface area contributed by atoms with Gasteiger partial charge in [0.05, 0.1) is 29.8 Å². The van der Waals surface area contributed by atoms with Crippen molar-refractivity contribution in [1.82, 2.24) is 0 Å². The van der Waals surface area contributed by atoms with Gasteiger partial charge in [-0.15, -0.1) is 0 Å². The predicted octanol–water partition coefficient (Wildman–Crippen LogP) is 2.38. The molecule has 2 saturated heterocycles. The van der Waals surface area contributed by atoms with Gasteiger partial charge in [0.2, 0.25) is 0 Å². The van der Waals surface area contributed by atoms with Crippen molar-refractivity contribution >= 4 is 5.97 Å². The van der Waals surface area contributed by atoms with E-state index < -0.39 is 12.2 Å². The van der Waals surface area contributed by atoms with Gasteiger partial charge in [0.25, 0.3) is 0 Å². The number of carbonyl (C=O) groups is 1. The molecular weight excluding hydrogens is 308 g/mol. The van der Waals surface area contributed by atoms with Crippen LogP contribution in [-0.2, 0) is 19.0 Å². The molecule has 0 saturated carbocycles. The molecule has 1 aliphatic carbocycles. The van der Waals surface area contributed by atoms with Crippen molar-refractivity contribution in [1.29, 1.82) is 0 Å². The van der Waals surface area contributed by atoms with Gasteiger partial charge in [-0.25, -0.2) is 4.79 Å². The monoisotopic (exact) mass is 336 g/mol. The van der Waals surface area contributed by atoms with Crippen molar-refractivity contribution in [2.24, 2.45) is 11.8 Å². The van der Waals surface area contributed by atoms with Crippen LogP contribution in [0.2, 0.25) is 0 Å². The molecule has 134 valence electrons. The first-order valence-electron chi connectivity index (χ1n) is 8.77. The van der Waals surface area contributed by atoms with Crippen LogP contribution < -0.4 is 0 Å². The highest BCUT2D eigenvalue weighted by Crippen LogP contribution is 2.47.